The first kappa shape index (κ1) is 14.6. The molecule has 0 aromatic carbocycles. The number of rotatable bonds is 6. The van der Waals surface area contributed by atoms with Gasteiger partial charge in [0.25, 0.3) is 0 Å². The molecule has 0 aromatic heterocycles. The monoisotopic (exact) mass is 296 g/mol. The molecule has 80 valence electrons. The topological polar surface area (TPSA) is 0 Å². The van der Waals surface area contributed by atoms with Crippen LogP contribution in [0, 0.1) is 0 Å². The summed E-state index contributed by atoms with van der Waals surface area (Å²) in [6.45, 7) is 4.32. The molecule has 0 aliphatic carbocycles. The molecule has 0 saturated heterocycles. The van der Waals surface area contributed by atoms with E-state index in [2.05, 4.69) is 13.8 Å². The minimum atomic E-state index is -2.40. The highest BCUT2D eigenvalue weighted by Crippen LogP contribution is 2.32. The summed E-state index contributed by atoms with van der Waals surface area (Å²) in [5, 5.41) is 0. The summed E-state index contributed by atoms with van der Waals surface area (Å²) < 4.78 is 0. The van der Waals surface area contributed by atoms with Crippen molar-refractivity contribution in [3.63, 3.8) is 0 Å². The van der Waals surface area contributed by atoms with Gasteiger partial charge in [-0.15, -0.1) is 33.2 Å². The van der Waals surface area contributed by atoms with Crippen LogP contribution in [0.3, 0.4) is 0 Å². The van der Waals surface area contributed by atoms with E-state index in [0.717, 1.165) is 30.6 Å². The van der Waals surface area contributed by atoms with Crippen molar-refractivity contribution >= 4 is 57.7 Å². The summed E-state index contributed by atoms with van der Waals surface area (Å²) in [4.78, 5) is 0. The predicted octanol–water partition coefficient (Wildman–Crippen LogP) is 5.26. The number of hydrogen-bond donors (Lipinski definition) is 0. The normalized spacial score (nSPS) is 13.4. The molecule has 0 spiro atoms. The van der Waals surface area contributed by atoms with E-state index in [1.165, 1.54) is 0 Å². The third-order valence-corrected chi connectivity index (χ3v) is 10.9. The van der Waals surface area contributed by atoms with Crippen molar-refractivity contribution in [3.8, 4) is 0 Å². The number of halogens is 4. The Bertz CT molecular complexity index is 142. The van der Waals surface area contributed by atoms with Gasteiger partial charge in [-0.2, -0.15) is 11.1 Å². The van der Waals surface area contributed by atoms with Gasteiger partial charge in [-0.3, -0.25) is 0 Å². The lowest BCUT2D eigenvalue weighted by atomic mass is 10.6. The van der Waals surface area contributed by atoms with Crippen LogP contribution in [0.1, 0.15) is 20.3 Å². The van der Waals surface area contributed by atoms with E-state index < -0.39 is 13.4 Å². The van der Waals surface area contributed by atoms with Gasteiger partial charge in [-0.05, 0) is 24.2 Å². The molecule has 0 radical (unpaired) electrons. The number of hydrogen-bond acceptors (Lipinski definition) is 0. The second-order valence-corrected chi connectivity index (χ2v) is 19.2. The highest BCUT2D eigenvalue weighted by atomic mass is 35.8. The Morgan fingerprint density at radius 1 is 0.846 bits per heavy atom. The lowest BCUT2D eigenvalue weighted by Gasteiger charge is -2.21. The van der Waals surface area contributed by atoms with Gasteiger partial charge in [0.05, 0.1) is 0 Å². The standard InChI is InChI=1S/C7H16Cl4Si2/c1-3-12(8,4-2)6-5-7-13(9,10)11/h3-7H2,1-2H3. The molecule has 0 aliphatic rings. The molecule has 0 atom stereocenters. The van der Waals surface area contributed by atoms with Gasteiger partial charge in [0.2, 0.25) is 0 Å². The smallest absolute Gasteiger partial charge is 0.167 e. The molecular formula is C7H16Cl4Si2. The summed E-state index contributed by atoms with van der Waals surface area (Å²) >= 11 is 23.8. The summed E-state index contributed by atoms with van der Waals surface area (Å²) in [5.74, 6) is 0. The highest BCUT2D eigenvalue weighted by Gasteiger charge is 2.29. The lowest BCUT2D eigenvalue weighted by molar-refractivity contribution is 1.02. The van der Waals surface area contributed by atoms with E-state index in [9.17, 15) is 0 Å². The molecule has 0 aliphatic heterocycles. The van der Waals surface area contributed by atoms with Gasteiger partial charge in [0, 0.05) is 0 Å². The Kier molecular flexibility index (Phi) is 7.00. The van der Waals surface area contributed by atoms with Crippen LogP contribution in [-0.2, 0) is 0 Å². The average molecular weight is 298 g/mol. The van der Waals surface area contributed by atoms with Crippen molar-refractivity contribution < 1.29 is 0 Å². The summed E-state index contributed by atoms with van der Waals surface area (Å²) in [7, 11) is -1.48. The molecule has 0 heterocycles. The minimum Gasteiger partial charge on any atom is -0.167 e. The first-order valence-corrected chi connectivity index (χ1v) is 13.5. The van der Waals surface area contributed by atoms with Crippen molar-refractivity contribution in [2.75, 3.05) is 0 Å². The molecule has 0 bridgehead atoms. The Morgan fingerprint density at radius 2 is 1.31 bits per heavy atom. The van der Waals surface area contributed by atoms with Crippen LogP contribution in [0.5, 0.6) is 0 Å². The molecule has 0 nitrogen and oxygen atoms in total. The Morgan fingerprint density at radius 3 is 1.62 bits per heavy atom. The summed E-state index contributed by atoms with van der Waals surface area (Å²) in [6, 6.07) is 1.67. The van der Waals surface area contributed by atoms with Gasteiger partial charge in [0.1, 0.15) is 0 Å². The maximum atomic E-state index is 6.46. The van der Waals surface area contributed by atoms with Gasteiger partial charge < -0.3 is 0 Å². The van der Waals surface area contributed by atoms with Gasteiger partial charge in [-0.1, -0.05) is 20.3 Å². The summed E-state index contributed by atoms with van der Waals surface area (Å²) in [5.41, 5.74) is 0. The zero-order chi connectivity index (χ0) is 10.5. The second kappa shape index (κ2) is 6.24. The molecule has 13 heavy (non-hydrogen) atoms. The Balaban J connectivity index is 3.74. The van der Waals surface area contributed by atoms with Gasteiger partial charge >= 0.3 is 6.00 Å². The SMILES string of the molecule is CC[Si](Cl)(CC)CCC[Si](Cl)(Cl)Cl. The molecule has 0 amide bonds. The fourth-order valence-electron chi connectivity index (χ4n) is 1.21. The zero-order valence-electron chi connectivity index (χ0n) is 8.05. The quantitative estimate of drug-likeness (QED) is 0.464. The van der Waals surface area contributed by atoms with Crippen LogP contribution in [-0.4, -0.2) is 13.4 Å². The van der Waals surface area contributed by atoms with Gasteiger partial charge in [-0.25, -0.2) is 0 Å². The van der Waals surface area contributed by atoms with E-state index in [0.29, 0.717) is 0 Å². The van der Waals surface area contributed by atoms with E-state index >= 15 is 0 Å². The van der Waals surface area contributed by atoms with Crippen LogP contribution >= 0.6 is 44.3 Å². The van der Waals surface area contributed by atoms with Crippen molar-refractivity contribution in [2.45, 2.75) is 44.4 Å². The van der Waals surface area contributed by atoms with Crippen LogP contribution < -0.4 is 0 Å². The first-order chi connectivity index (χ1) is 5.83. The molecule has 0 N–H and O–H groups in total. The average Bonchev–Trinajstić information content (AvgIpc) is 2.02. The van der Waals surface area contributed by atoms with Crippen molar-refractivity contribution in [2.24, 2.45) is 0 Å². The van der Waals surface area contributed by atoms with Crippen LogP contribution in [0.4, 0.5) is 0 Å². The van der Waals surface area contributed by atoms with Gasteiger partial charge in [0.15, 0.2) is 7.38 Å². The van der Waals surface area contributed by atoms with Crippen molar-refractivity contribution in [1.82, 2.24) is 0 Å². The molecule has 6 heteroatoms. The molecule has 0 saturated carbocycles. The zero-order valence-corrected chi connectivity index (χ0v) is 13.1. The molecule has 0 aromatic rings. The fourth-order valence-corrected chi connectivity index (χ4v) is 5.76. The first-order valence-electron chi connectivity index (χ1n) is 4.58. The van der Waals surface area contributed by atoms with Crippen molar-refractivity contribution in [3.05, 3.63) is 0 Å². The third kappa shape index (κ3) is 7.51. The third-order valence-electron chi connectivity index (χ3n) is 2.35. The molecular weight excluding hydrogens is 282 g/mol. The van der Waals surface area contributed by atoms with E-state index in [-0.39, 0.29) is 0 Å². The largest absolute Gasteiger partial charge is 0.341 e. The van der Waals surface area contributed by atoms with Crippen LogP contribution in [0.2, 0.25) is 24.2 Å². The van der Waals surface area contributed by atoms with E-state index in [1.54, 1.807) is 0 Å². The maximum absolute atomic E-state index is 6.46. The highest BCUT2D eigenvalue weighted by molar-refractivity contribution is 7.64. The predicted molar refractivity (Wildman–Crippen MR) is 70.1 cm³/mol. The second-order valence-electron chi connectivity index (χ2n) is 3.33. The van der Waals surface area contributed by atoms with E-state index in [1.807, 2.05) is 0 Å². The fraction of sp³-hybridized carbons (Fsp3) is 1.00. The van der Waals surface area contributed by atoms with Crippen LogP contribution in [0.25, 0.3) is 0 Å². The molecule has 0 unspecified atom stereocenters. The van der Waals surface area contributed by atoms with Crippen LogP contribution in [0.15, 0.2) is 0 Å². The minimum absolute atomic E-state index is 0.749. The lowest BCUT2D eigenvalue weighted by Crippen LogP contribution is -2.24. The van der Waals surface area contributed by atoms with E-state index in [4.69, 9.17) is 44.3 Å². The molecule has 0 fully saturated rings. The Labute approximate surface area is 102 Å². The molecule has 0 rings (SSSR count). The Hall–Kier alpha value is 1.59. The maximum Gasteiger partial charge on any atom is 0.341 e. The van der Waals surface area contributed by atoms with Crippen molar-refractivity contribution in [1.29, 1.82) is 0 Å². The summed E-state index contributed by atoms with van der Waals surface area (Å²) in [6.07, 6.45) is 0.986.